The predicted octanol–water partition coefficient (Wildman–Crippen LogP) is 4.60. The van der Waals surface area contributed by atoms with Crippen molar-refractivity contribution in [2.75, 3.05) is 74.7 Å². The van der Waals surface area contributed by atoms with Crippen LogP contribution < -0.4 is 0 Å². The zero-order chi connectivity index (χ0) is 21.6. The molecule has 0 rings (SSSR count). The van der Waals surface area contributed by atoms with Gasteiger partial charge in [0.05, 0.1) is 74.2 Å². The molecular weight excluding hydrogens is 348 g/mol. The standard InChI is InChI=1S/C24H52N2O2/c1-10-22(11-2)19-27-21-24(13-4)28-20-23(12-3)18-26(8,9)17-15-14-16-25(5,6)7/h14-15,22-24H,10-13,16-21H2,1-9H3/q+2/b15-14+. The quantitative estimate of drug-likeness (QED) is 0.262. The van der Waals surface area contributed by atoms with Crippen molar-refractivity contribution in [3.63, 3.8) is 0 Å². The molecule has 2 unspecified atom stereocenters. The van der Waals surface area contributed by atoms with Crippen LogP contribution in [-0.4, -0.2) is 89.8 Å². The van der Waals surface area contributed by atoms with Crippen molar-refractivity contribution in [2.45, 2.75) is 59.5 Å². The molecule has 0 aliphatic rings. The maximum atomic E-state index is 6.25. The average Bonchev–Trinajstić information content (AvgIpc) is 2.63. The Morgan fingerprint density at radius 1 is 0.679 bits per heavy atom. The van der Waals surface area contributed by atoms with E-state index in [4.69, 9.17) is 9.47 Å². The van der Waals surface area contributed by atoms with Gasteiger partial charge in [-0.1, -0.05) is 40.5 Å². The summed E-state index contributed by atoms with van der Waals surface area (Å²) in [5.74, 6) is 1.28. The molecule has 4 heteroatoms. The Bertz CT molecular complexity index is 398. The third-order valence-electron chi connectivity index (χ3n) is 5.58. The lowest BCUT2D eigenvalue weighted by molar-refractivity contribution is -0.888. The number of likely N-dealkylation sites (N-methyl/N-ethyl adjacent to an activating group) is 2. The summed E-state index contributed by atoms with van der Waals surface area (Å²) in [4.78, 5) is 0. The summed E-state index contributed by atoms with van der Waals surface area (Å²) in [6, 6.07) is 0. The van der Waals surface area contributed by atoms with Gasteiger partial charge >= 0.3 is 0 Å². The minimum absolute atomic E-state index is 0.225. The molecule has 0 saturated heterocycles. The monoisotopic (exact) mass is 400 g/mol. The number of ether oxygens (including phenoxy) is 2. The molecule has 0 aliphatic heterocycles. The predicted molar refractivity (Wildman–Crippen MR) is 123 cm³/mol. The van der Waals surface area contributed by atoms with Gasteiger partial charge in [-0.25, -0.2) is 0 Å². The van der Waals surface area contributed by atoms with E-state index in [0.29, 0.717) is 11.8 Å². The first kappa shape index (κ1) is 27.6. The highest BCUT2D eigenvalue weighted by atomic mass is 16.5. The van der Waals surface area contributed by atoms with Gasteiger partial charge in [0.15, 0.2) is 0 Å². The van der Waals surface area contributed by atoms with Gasteiger partial charge in [0, 0.05) is 12.5 Å². The number of hydrogen-bond acceptors (Lipinski definition) is 2. The van der Waals surface area contributed by atoms with Crippen molar-refractivity contribution in [2.24, 2.45) is 11.8 Å². The van der Waals surface area contributed by atoms with Gasteiger partial charge in [0.25, 0.3) is 0 Å². The number of quaternary nitrogens is 2. The molecular formula is C24H52N2O2+2. The molecule has 168 valence electrons. The summed E-state index contributed by atoms with van der Waals surface area (Å²) < 4.78 is 14.2. The van der Waals surface area contributed by atoms with E-state index >= 15 is 0 Å². The summed E-state index contributed by atoms with van der Waals surface area (Å²) in [5, 5.41) is 0. The van der Waals surface area contributed by atoms with E-state index in [0.717, 1.165) is 61.3 Å². The largest absolute Gasteiger partial charge is 0.378 e. The summed E-state index contributed by atoms with van der Waals surface area (Å²) in [7, 11) is 11.3. The molecule has 0 fully saturated rings. The van der Waals surface area contributed by atoms with Crippen molar-refractivity contribution < 1.29 is 18.4 Å². The van der Waals surface area contributed by atoms with E-state index in [-0.39, 0.29) is 6.10 Å². The zero-order valence-corrected chi connectivity index (χ0v) is 20.7. The normalized spacial score (nSPS) is 15.5. The molecule has 0 N–H and O–H groups in total. The molecule has 0 aromatic rings. The van der Waals surface area contributed by atoms with Crippen molar-refractivity contribution in [3.8, 4) is 0 Å². The Morgan fingerprint density at radius 2 is 1.25 bits per heavy atom. The average molecular weight is 401 g/mol. The molecule has 0 amide bonds. The van der Waals surface area contributed by atoms with Gasteiger partial charge in [0.2, 0.25) is 0 Å². The molecule has 0 bridgehead atoms. The first-order valence-electron chi connectivity index (χ1n) is 11.5. The summed E-state index contributed by atoms with van der Waals surface area (Å²) in [5.41, 5.74) is 0. The van der Waals surface area contributed by atoms with Crippen LogP contribution in [0.2, 0.25) is 0 Å². The number of hydrogen-bond donors (Lipinski definition) is 0. The zero-order valence-electron chi connectivity index (χ0n) is 20.7. The van der Waals surface area contributed by atoms with Crippen LogP contribution in [0.15, 0.2) is 12.2 Å². The molecule has 2 atom stereocenters. The van der Waals surface area contributed by atoms with E-state index < -0.39 is 0 Å². The van der Waals surface area contributed by atoms with Crippen LogP contribution in [-0.2, 0) is 9.47 Å². The lowest BCUT2D eigenvalue weighted by Gasteiger charge is -2.33. The fourth-order valence-corrected chi connectivity index (χ4v) is 3.27. The highest BCUT2D eigenvalue weighted by Crippen LogP contribution is 2.14. The SMILES string of the molecule is CCC(CC)COCC(CC)OCC(CC)C[N+](C)(C)C/C=C/C[N+](C)(C)C. The highest BCUT2D eigenvalue weighted by Gasteiger charge is 2.21. The Labute approximate surface area is 177 Å². The Morgan fingerprint density at radius 3 is 1.75 bits per heavy atom. The fraction of sp³-hybridized carbons (Fsp3) is 0.917. The van der Waals surface area contributed by atoms with E-state index in [9.17, 15) is 0 Å². The van der Waals surface area contributed by atoms with Crippen molar-refractivity contribution >= 4 is 0 Å². The summed E-state index contributed by atoms with van der Waals surface area (Å²) in [6.45, 7) is 14.7. The van der Waals surface area contributed by atoms with Crippen LogP contribution in [0.25, 0.3) is 0 Å². The molecule has 0 aromatic carbocycles. The van der Waals surface area contributed by atoms with Crippen LogP contribution >= 0.6 is 0 Å². The lowest BCUT2D eigenvalue weighted by Crippen LogP contribution is -2.45. The van der Waals surface area contributed by atoms with Crippen molar-refractivity contribution in [1.29, 1.82) is 0 Å². The van der Waals surface area contributed by atoms with Gasteiger partial charge < -0.3 is 18.4 Å². The van der Waals surface area contributed by atoms with E-state index in [1.807, 2.05) is 0 Å². The van der Waals surface area contributed by atoms with Crippen LogP contribution in [0.3, 0.4) is 0 Å². The first-order valence-corrected chi connectivity index (χ1v) is 11.5. The van der Waals surface area contributed by atoms with E-state index in [1.165, 1.54) is 12.8 Å². The van der Waals surface area contributed by atoms with Crippen LogP contribution in [0.1, 0.15) is 53.4 Å². The Hall–Kier alpha value is -0.420. The van der Waals surface area contributed by atoms with Gasteiger partial charge in [-0.15, -0.1) is 0 Å². The molecule has 0 aliphatic carbocycles. The smallest absolute Gasteiger partial charge is 0.0971 e. The van der Waals surface area contributed by atoms with Gasteiger partial charge in [-0.3, -0.25) is 0 Å². The second kappa shape index (κ2) is 14.5. The molecule has 0 spiro atoms. The molecule has 0 heterocycles. The molecule has 28 heavy (non-hydrogen) atoms. The molecule has 4 nitrogen and oxygen atoms in total. The van der Waals surface area contributed by atoms with Crippen molar-refractivity contribution in [1.82, 2.24) is 0 Å². The minimum atomic E-state index is 0.225. The van der Waals surface area contributed by atoms with Gasteiger partial charge in [0.1, 0.15) is 0 Å². The molecule has 0 radical (unpaired) electrons. The van der Waals surface area contributed by atoms with Crippen molar-refractivity contribution in [3.05, 3.63) is 12.2 Å². The Kier molecular flexibility index (Phi) is 14.3. The topological polar surface area (TPSA) is 18.5 Å². The lowest BCUT2D eigenvalue weighted by atomic mass is 10.1. The van der Waals surface area contributed by atoms with Crippen LogP contribution in [0.4, 0.5) is 0 Å². The van der Waals surface area contributed by atoms with Crippen LogP contribution in [0, 0.1) is 11.8 Å². The molecule has 0 aromatic heterocycles. The number of nitrogens with zero attached hydrogens (tertiary/aromatic N) is 2. The third-order valence-corrected chi connectivity index (χ3v) is 5.58. The third kappa shape index (κ3) is 14.6. The fourth-order valence-electron chi connectivity index (χ4n) is 3.27. The molecule has 0 saturated carbocycles. The second-order valence-corrected chi connectivity index (χ2v) is 10.1. The minimum Gasteiger partial charge on any atom is -0.378 e. The van der Waals surface area contributed by atoms with E-state index in [2.05, 4.69) is 75.1 Å². The van der Waals surface area contributed by atoms with E-state index in [1.54, 1.807) is 0 Å². The Balaban J connectivity index is 4.34. The first-order chi connectivity index (χ1) is 13.1. The number of rotatable bonds is 17. The van der Waals surface area contributed by atoms with Crippen LogP contribution in [0.5, 0.6) is 0 Å². The van der Waals surface area contributed by atoms with Gasteiger partial charge in [-0.05, 0) is 30.9 Å². The highest BCUT2D eigenvalue weighted by molar-refractivity contribution is 4.81. The van der Waals surface area contributed by atoms with Gasteiger partial charge in [-0.2, -0.15) is 0 Å². The maximum absolute atomic E-state index is 6.25. The maximum Gasteiger partial charge on any atom is 0.0971 e. The summed E-state index contributed by atoms with van der Waals surface area (Å²) in [6.07, 6.45) is 9.47. The second-order valence-electron chi connectivity index (χ2n) is 10.1. The summed E-state index contributed by atoms with van der Waals surface area (Å²) >= 11 is 0.